The molecule has 0 aliphatic carbocycles. The summed E-state index contributed by atoms with van der Waals surface area (Å²) in [6.07, 6.45) is 2.50. The van der Waals surface area contributed by atoms with Gasteiger partial charge < -0.3 is 4.74 Å². The van der Waals surface area contributed by atoms with Crippen LogP contribution >= 0.6 is 0 Å². The Labute approximate surface area is 67.2 Å². The molecular weight excluding hydrogens is 140 g/mol. The summed E-state index contributed by atoms with van der Waals surface area (Å²) < 4.78 is 4.79. The molecule has 1 rings (SSSR count). The van der Waals surface area contributed by atoms with Crippen LogP contribution in [0.25, 0.3) is 0 Å². The molecule has 0 fully saturated rings. The monoisotopic (exact) mass is 154 g/mol. The Bertz CT molecular complexity index is 196. The van der Waals surface area contributed by atoms with Crippen LogP contribution < -0.4 is 0 Å². The van der Waals surface area contributed by atoms with Crippen molar-refractivity contribution in [1.29, 1.82) is 0 Å². The van der Waals surface area contributed by atoms with Gasteiger partial charge in [0, 0.05) is 12.5 Å². The lowest BCUT2D eigenvalue weighted by molar-refractivity contribution is -0.138. The minimum absolute atomic E-state index is 0.111. The van der Waals surface area contributed by atoms with Crippen LogP contribution in [0.4, 0.5) is 0 Å². The largest absolute Gasteiger partial charge is 0.462 e. The molecule has 0 bridgehead atoms. The molecule has 2 heteroatoms. The number of cyclic esters (lactones) is 1. The van der Waals surface area contributed by atoms with E-state index in [0.717, 1.165) is 6.42 Å². The Balaban J connectivity index is 2.79. The van der Waals surface area contributed by atoms with Crippen LogP contribution in [0.15, 0.2) is 11.6 Å². The van der Waals surface area contributed by atoms with Gasteiger partial charge in [-0.3, -0.25) is 0 Å². The van der Waals surface area contributed by atoms with Crippen LogP contribution in [0.5, 0.6) is 0 Å². The number of carbonyl (C=O) groups excluding carboxylic acids is 1. The third-order valence-electron chi connectivity index (χ3n) is 1.87. The fraction of sp³-hybridized carbons (Fsp3) is 0.667. The highest BCUT2D eigenvalue weighted by atomic mass is 16.5. The zero-order valence-electron chi connectivity index (χ0n) is 7.31. The summed E-state index contributed by atoms with van der Waals surface area (Å²) in [5, 5.41) is 0. The first-order chi connectivity index (χ1) is 5.00. The Morgan fingerprint density at radius 1 is 1.45 bits per heavy atom. The summed E-state index contributed by atoms with van der Waals surface area (Å²) in [7, 11) is 0. The van der Waals surface area contributed by atoms with E-state index in [0.29, 0.717) is 6.61 Å². The van der Waals surface area contributed by atoms with Gasteiger partial charge in [-0.2, -0.15) is 0 Å². The Hall–Kier alpha value is -0.790. The van der Waals surface area contributed by atoms with Crippen LogP contribution in [0.1, 0.15) is 27.2 Å². The molecule has 0 atom stereocenters. The van der Waals surface area contributed by atoms with Crippen molar-refractivity contribution in [2.45, 2.75) is 27.2 Å². The molecule has 1 heterocycles. The molecule has 1 aliphatic rings. The molecule has 0 aromatic rings. The van der Waals surface area contributed by atoms with Crippen LogP contribution in [0.3, 0.4) is 0 Å². The molecule has 0 radical (unpaired) electrons. The molecule has 0 aromatic heterocycles. The molecule has 0 saturated carbocycles. The minimum atomic E-state index is -0.193. The lowest BCUT2D eigenvalue weighted by Crippen LogP contribution is -2.19. The van der Waals surface area contributed by atoms with Gasteiger partial charge in [-0.25, -0.2) is 4.79 Å². The van der Waals surface area contributed by atoms with Crippen molar-refractivity contribution in [1.82, 2.24) is 0 Å². The quantitative estimate of drug-likeness (QED) is 0.498. The van der Waals surface area contributed by atoms with Crippen molar-refractivity contribution >= 4 is 5.97 Å². The Morgan fingerprint density at radius 3 is 2.45 bits per heavy atom. The number of hydrogen-bond acceptors (Lipinski definition) is 2. The van der Waals surface area contributed by atoms with Gasteiger partial charge in [0.1, 0.15) is 0 Å². The van der Waals surface area contributed by atoms with Gasteiger partial charge in [0.15, 0.2) is 0 Å². The molecule has 0 unspecified atom stereocenters. The van der Waals surface area contributed by atoms with Gasteiger partial charge >= 0.3 is 5.97 Å². The molecule has 0 aromatic carbocycles. The highest BCUT2D eigenvalue weighted by Gasteiger charge is 2.21. The Kier molecular flexibility index (Phi) is 2.03. The van der Waals surface area contributed by atoms with Crippen molar-refractivity contribution in [2.24, 2.45) is 5.41 Å². The first-order valence-corrected chi connectivity index (χ1v) is 3.88. The summed E-state index contributed by atoms with van der Waals surface area (Å²) in [4.78, 5) is 10.8. The molecular formula is C9H14O2. The highest BCUT2D eigenvalue weighted by Crippen LogP contribution is 2.29. The van der Waals surface area contributed by atoms with Crippen molar-refractivity contribution < 1.29 is 9.53 Å². The molecule has 0 saturated heterocycles. The van der Waals surface area contributed by atoms with E-state index >= 15 is 0 Å². The maximum atomic E-state index is 10.8. The summed E-state index contributed by atoms with van der Waals surface area (Å²) in [6.45, 7) is 6.87. The van der Waals surface area contributed by atoms with Gasteiger partial charge in [-0.05, 0) is 5.41 Å². The molecule has 1 aliphatic heterocycles. The van der Waals surface area contributed by atoms with Gasteiger partial charge in [-0.1, -0.05) is 26.3 Å². The fourth-order valence-corrected chi connectivity index (χ4v) is 1.11. The van der Waals surface area contributed by atoms with Gasteiger partial charge in [0.25, 0.3) is 0 Å². The zero-order chi connectivity index (χ0) is 8.48. The molecule has 0 amide bonds. The smallest absolute Gasteiger partial charge is 0.330 e. The topological polar surface area (TPSA) is 26.3 Å². The van der Waals surface area contributed by atoms with Crippen LogP contribution in [-0.2, 0) is 9.53 Å². The van der Waals surface area contributed by atoms with E-state index in [1.165, 1.54) is 5.57 Å². The predicted molar refractivity (Wildman–Crippen MR) is 43.1 cm³/mol. The van der Waals surface area contributed by atoms with E-state index in [9.17, 15) is 4.79 Å². The lowest BCUT2D eigenvalue weighted by atomic mass is 9.84. The number of carbonyl (C=O) groups is 1. The molecule has 0 spiro atoms. The third-order valence-corrected chi connectivity index (χ3v) is 1.87. The van der Waals surface area contributed by atoms with E-state index in [1.807, 2.05) is 0 Å². The van der Waals surface area contributed by atoms with Gasteiger partial charge in [-0.15, -0.1) is 0 Å². The first kappa shape index (κ1) is 8.31. The van der Waals surface area contributed by atoms with E-state index < -0.39 is 0 Å². The van der Waals surface area contributed by atoms with Gasteiger partial charge in [0.2, 0.25) is 0 Å². The standard InChI is InChI=1S/C9H14O2/c1-9(2,3)7-4-5-11-8(10)6-7/h6H,4-5H2,1-3H3. The predicted octanol–water partition coefficient (Wildman–Crippen LogP) is 1.91. The summed E-state index contributed by atoms with van der Waals surface area (Å²) in [5.74, 6) is -0.193. The van der Waals surface area contributed by atoms with Crippen molar-refractivity contribution in [2.75, 3.05) is 6.61 Å². The SMILES string of the molecule is CC(C)(C)C1=CC(=O)OCC1. The number of esters is 1. The second kappa shape index (κ2) is 2.68. The first-order valence-electron chi connectivity index (χ1n) is 3.88. The third kappa shape index (κ3) is 2.07. The van der Waals surface area contributed by atoms with Crippen LogP contribution in [-0.4, -0.2) is 12.6 Å². The van der Waals surface area contributed by atoms with E-state index in [-0.39, 0.29) is 11.4 Å². The average molecular weight is 154 g/mol. The lowest BCUT2D eigenvalue weighted by Gasteiger charge is -2.25. The van der Waals surface area contributed by atoms with Crippen molar-refractivity contribution in [3.05, 3.63) is 11.6 Å². The molecule has 0 N–H and O–H groups in total. The minimum Gasteiger partial charge on any atom is -0.462 e. The number of rotatable bonds is 0. The number of ether oxygens (including phenoxy) is 1. The van der Waals surface area contributed by atoms with Crippen LogP contribution in [0.2, 0.25) is 0 Å². The average Bonchev–Trinajstić information content (AvgIpc) is 1.86. The highest BCUT2D eigenvalue weighted by molar-refractivity contribution is 5.83. The van der Waals surface area contributed by atoms with Crippen LogP contribution in [0, 0.1) is 5.41 Å². The normalized spacial score (nSPS) is 19.2. The summed E-state index contributed by atoms with van der Waals surface area (Å²) in [6, 6.07) is 0. The van der Waals surface area contributed by atoms with E-state index in [4.69, 9.17) is 4.74 Å². The second-order valence-corrected chi connectivity index (χ2v) is 3.84. The number of hydrogen-bond donors (Lipinski definition) is 0. The second-order valence-electron chi connectivity index (χ2n) is 3.84. The summed E-state index contributed by atoms with van der Waals surface area (Å²) >= 11 is 0. The molecule has 11 heavy (non-hydrogen) atoms. The molecule has 62 valence electrons. The Morgan fingerprint density at radius 2 is 2.09 bits per heavy atom. The van der Waals surface area contributed by atoms with E-state index in [1.54, 1.807) is 6.08 Å². The fourth-order valence-electron chi connectivity index (χ4n) is 1.11. The van der Waals surface area contributed by atoms with E-state index in [2.05, 4.69) is 20.8 Å². The zero-order valence-corrected chi connectivity index (χ0v) is 7.31. The molecule has 2 nitrogen and oxygen atoms in total. The van der Waals surface area contributed by atoms with Crippen molar-refractivity contribution in [3.8, 4) is 0 Å². The maximum Gasteiger partial charge on any atom is 0.330 e. The maximum absolute atomic E-state index is 10.8. The summed E-state index contributed by atoms with van der Waals surface area (Å²) in [5.41, 5.74) is 1.30. The van der Waals surface area contributed by atoms with Gasteiger partial charge in [0.05, 0.1) is 6.61 Å². The van der Waals surface area contributed by atoms with Crippen molar-refractivity contribution in [3.63, 3.8) is 0 Å².